The first-order valence-electron chi connectivity index (χ1n) is 4.54. The van der Waals surface area contributed by atoms with Crippen LogP contribution in [0.2, 0.25) is 0 Å². The quantitative estimate of drug-likeness (QED) is 0.559. The highest BCUT2D eigenvalue weighted by molar-refractivity contribution is 5.66. The molecule has 0 N–H and O–H groups in total. The summed E-state index contributed by atoms with van der Waals surface area (Å²) in [5, 5.41) is 0. The molecule has 3 heteroatoms. The van der Waals surface area contributed by atoms with E-state index in [0.717, 1.165) is 32.3 Å². The number of rotatable bonds is 1. The van der Waals surface area contributed by atoms with E-state index >= 15 is 0 Å². The Labute approximate surface area is 72.0 Å². The molecule has 2 heterocycles. The first-order valence-corrected chi connectivity index (χ1v) is 4.54. The van der Waals surface area contributed by atoms with Crippen LogP contribution in [0.5, 0.6) is 0 Å². The molecule has 12 heavy (non-hydrogen) atoms. The Kier molecular flexibility index (Phi) is 1.83. The van der Waals surface area contributed by atoms with Crippen molar-refractivity contribution in [3.05, 3.63) is 0 Å². The summed E-state index contributed by atoms with van der Waals surface area (Å²) in [6.45, 7) is 2.21. The van der Waals surface area contributed by atoms with Crippen LogP contribution < -0.4 is 0 Å². The van der Waals surface area contributed by atoms with E-state index < -0.39 is 5.79 Å². The van der Waals surface area contributed by atoms with Gasteiger partial charge >= 0.3 is 5.97 Å². The van der Waals surface area contributed by atoms with Crippen LogP contribution >= 0.6 is 0 Å². The summed E-state index contributed by atoms with van der Waals surface area (Å²) < 4.78 is 10.7. The maximum atomic E-state index is 10.8. The van der Waals surface area contributed by atoms with E-state index in [1.54, 1.807) is 0 Å². The predicted octanol–water partition coefficient (Wildman–Crippen LogP) is 1.47. The van der Waals surface area contributed by atoms with Gasteiger partial charge in [-0.3, -0.25) is 4.79 Å². The second-order valence-electron chi connectivity index (χ2n) is 3.76. The zero-order valence-electron chi connectivity index (χ0n) is 7.34. The van der Waals surface area contributed by atoms with Crippen molar-refractivity contribution >= 4 is 5.97 Å². The highest BCUT2D eigenvalue weighted by Gasteiger charge is 2.44. The van der Waals surface area contributed by atoms with Gasteiger partial charge in [0.25, 0.3) is 0 Å². The van der Waals surface area contributed by atoms with E-state index in [0.29, 0.717) is 5.92 Å². The van der Waals surface area contributed by atoms with Crippen molar-refractivity contribution in [2.75, 3.05) is 6.61 Å². The molecule has 0 radical (unpaired) electrons. The first kappa shape index (κ1) is 8.05. The van der Waals surface area contributed by atoms with Gasteiger partial charge in [0.05, 0.1) is 6.61 Å². The molecule has 68 valence electrons. The molecule has 2 aliphatic heterocycles. The lowest BCUT2D eigenvalue weighted by atomic mass is 9.82. The lowest BCUT2D eigenvalue weighted by Gasteiger charge is -2.44. The molecular weight excluding hydrogens is 156 g/mol. The Morgan fingerprint density at radius 3 is 2.58 bits per heavy atom. The van der Waals surface area contributed by atoms with E-state index in [-0.39, 0.29) is 5.97 Å². The number of esters is 1. The van der Waals surface area contributed by atoms with Crippen LogP contribution in [-0.2, 0) is 14.3 Å². The summed E-state index contributed by atoms with van der Waals surface area (Å²) in [5.74, 6) is -0.0570. The number of carbonyl (C=O) groups excluding carboxylic acids is 1. The number of hydrogen-bond acceptors (Lipinski definition) is 3. The summed E-state index contributed by atoms with van der Waals surface area (Å²) in [7, 11) is 0. The van der Waals surface area contributed by atoms with E-state index in [4.69, 9.17) is 9.47 Å². The first-order chi connectivity index (χ1) is 5.70. The monoisotopic (exact) mass is 170 g/mol. The van der Waals surface area contributed by atoms with Gasteiger partial charge < -0.3 is 9.47 Å². The smallest absolute Gasteiger partial charge is 0.305 e. The maximum Gasteiger partial charge on any atom is 0.305 e. The van der Waals surface area contributed by atoms with E-state index in [1.165, 1.54) is 6.92 Å². The number of hydrogen-bond donors (Lipinski definition) is 0. The third-order valence-electron chi connectivity index (χ3n) is 2.78. The van der Waals surface area contributed by atoms with Crippen LogP contribution in [0.1, 0.15) is 32.6 Å². The van der Waals surface area contributed by atoms with Crippen molar-refractivity contribution in [1.29, 1.82) is 0 Å². The van der Waals surface area contributed by atoms with Gasteiger partial charge in [0.1, 0.15) is 0 Å². The topological polar surface area (TPSA) is 35.5 Å². The molecule has 3 aliphatic rings. The second-order valence-corrected chi connectivity index (χ2v) is 3.76. The normalized spacial score (nSPS) is 39.6. The van der Waals surface area contributed by atoms with E-state index in [2.05, 4.69) is 0 Å². The van der Waals surface area contributed by atoms with Gasteiger partial charge in [-0.05, 0) is 18.8 Å². The highest BCUT2D eigenvalue weighted by Crippen LogP contribution is 2.41. The molecule has 0 spiro atoms. The van der Waals surface area contributed by atoms with Crippen molar-refractivity contribution < 1.29 is 14.3 Å². The van der Waals surface area contributed by atoms with Crippen LogP contribution in [0.15, 0.2) is 0 Å². The minimum absolute atomic E-state index is 0.227. The SMILES string of the molecule is CC(=O)OC12CCC(CC1)CO2. The fourth-order valence-electron chi connectivity index (χ4n) is 2.09. The molecule has 0 aromatic heterocycles. The molecule has 3 rings (SSSR count). The van der Waals surface area contributed by atoms with Gasteiger partial charge in [-0.25, -0.2) is 0 Å². The molecule has 2 bridgehead atoms. The van der Waals surface area contributed by atoms with Crippen LogP contribution in [0.25, 0.3) is 0 Å². The van der Waals surface area contributed by atoms with Crippen LogP contribution in [0, 0.1) is 5.92 Å². The van der Waals surface area contributed by atoms with Crippen LogP contribution in [-0.4, -0.2) is 18.4 Å². The molecule has 3 fully saturated rings. The Morgan fingerprint density at radius 1 is 1.50 bits per heavy atom. The highest BCUT2D eigenvalue weighted by atomic mass is 16.7. The maximum absolute atomic E-state index is 10.8. The Hall–Kier alpha value is -0.570. The molecule has 0 aromatic carbocycles. The summed E-state index contributed by atoms with van der Waals surface area (Å²) in [4.78, 5) is 10.8. The average molecular weight is 170 g/mol. The van der Waals surface area contributed by atoms with Gasteiger partial charge in [-0.1, -0.05) is 0 Å². The van der Waals surface area contributed by atoms with E-state index in [1.807, 2.05) is 0 Å². The third-order valence-corrected chi connectivity index (χ3v) is 2.78. The molecule has 0 amide bonds. The summed E-state index contributed by atoms with van der Waals surface area (Å²) in [6.07, 6.45) is 4.06. The zero-order chi connectivity index (χ0) is 8.60. The molecule has 0 atom stereocenters. The molecule has 2 saturated heterocycles. The van der Waals surface area contributed by atoms with Gasteiger partial charge in [0, 0.05) is 19.8 Å². The summed E-state index contributed by atoms with van der Waals surface area (Å²) >= 11 is 0. The van der Waals surface area contributed by atoms with Gasteiger partial charge in [-0.15, -0.1) is 0 Å². The van der Waals surface area contributed by atoms with Crippen LogP contribution in [0.3, 0.4) is 0 Å². The molecular formula is C9H14O3. The number of fused-ring (bicyclic) bond motifs is 3. The Morgan fingerprint density at radius 2 is 2.17 bits per heavy atom. The standard InChI is InChI=1S/C9H14O3/c1-7(10)12-9-4-2-8(3-5-9)6-11-9/h8H,2-6H2,1H3. The molecule has 0 unspecified atom stereocenters. The van der Waals surface area contributed by atoms with Gasteiger partial charge in [-0.2, -0.15) is 0 Å². The average Bonchev–Trinajstić information content (AvgIpc) is 2.05. The van der Waals surface area contributed by atoms with Crippen LogP contribution in [0.4, 0.5) is 0 Å². The fourth-order valence-corrected chi connectivity index (χ4v) is 2.09. The number of carbonyl (C=O) groups is 1. The fraction of sp³-hybridized carbons (Fsp3) is 0.889. The zero-order valence-corrected chi connectivity index (χ0v) is 7.34. The minimum atomic E-state index is -0.541. The third kappa shape index (κ3) is 1.33. The minimum Gasteiger partial charge on any atom is -0.433 e. The van der Waals surface area contributed by atoms with Crippen molar-refractivity contribution in [3.8, 4) is 0 Å². The van der Waals surface area contributed by atoms with Gasteiger partial charge in [0.2, 0.25) is 5.79 Å². The second kappa shape index (κ2) is 2.73. The van der Waals surface area contributed by atoms with Crippen molar-refractivity contribution in [2.45, 2.75) is 38.4 Å². The van der Waals surface area contributed by atoms with E-state index in [9.17, 15) is 4.79 Å². The largest absolute Gasteiger partial charge is 0.433 e. The molecule has 3 nitrogen and oxygen atoms in total. The van der Waals surface area contributed by atoms with Crippen molar-refractivity contribution in [3.63, 3.8) is 0 Å². The lowest BCUT2D eigenvalue weighted by molar-refractivity contribution is -0.277. The van der Waals surface area contributed by atoms with Crippen molar-refractivity contribution in [1.82, 2.24) is 0 Å². The Balaban J connectivity index is 2.03. The predicted molar refractivity (Wildman–Crippen MR) is 42.4 cm³/mol. The van der Waals surface area contributed by atoms with Crippen molar-refractivity contribution in [2.24, 2.45) is 5.92 Å². The lowest BCUT2D eigenvalue weighted by Crippen LogP contribution is -2.47. The molecule has 0 aromatic rings. The summed E-state index contributed by atoms with van der Waals surface area (Å²) in [6, 6.07) is 0. The molecule has 1 aliphatic carbocycles. The number of ether oxygens (including phenoxy) is 2. The summed E-state index contributed by atoms with van der Waals surface area (Å²) in [5.41, 5.74) is 0. The Bertz CT molecular complexity index is 178. The van der Waals surface area contributed by atoms with Gasteiger partial charge in [0.15, 0.2) is 0 Å². The molecule has 1 saturated carbocycles.